The maximum atomic E-state index is 11.0. The molecule has 1 N–H and O–H groups in total. The predicted molar refractivity (Wildman–Crippen MR) is 60.4 cm³/mol. The highest BCUT2D eigenvalue weighted by atomic mass is 32.4. The van der Waals surface area contributed by atoms with Crippen molar-refractivity contribution in [1.82, 2.24) is 0 Å². The topological polar surface area (TPSA) is 82.1 Å². The van der Waals surface area contributed by atoms with E-state index in [-0.39, 0.29) is 6.61 Å². The second kappa shape index (κ2) is 6.84. The molecule has 0 heterocycles. The summed E-state index contributed by atoms with van der Waals surface area (Å²) in [7, 11) is -6.20. The molecule has 0 saturated heterocycles. The van der Waals surface area contributed by atoms with Crippen molar-refractivity contribution < 1.29 is 26.2 Å². The van der Waals surface area contributed by atoms with Gasteiger partial charge in [-0.05, 0) is 18.6 Å². The molecule has 0 aromatic rings. The Hall–Kier alpha value is 0.357. The van der Waals surface area contributed by atoms with Gasteiger partial charge >= 0.3 is 17.5 Å². The van der Waals surface area contributed by atoms with Crippen molar-refractivity contribution in [3.8, 4) is 0 Å². The molecule has 0 rings (SSSR count). The maximum absolute atomic E-state index is 11.0. The van der Waals surface area contributed by atoms with Crippen LogP contribution < -0.4 is 0 Å². The monoisotopic (exact) mass is 276 g/mol. The summed E-state index contributed by atoms with van der Waals surface area (Å²) < 4.78 is 45.3. The standard InChI is InChI=1S/C6H16O6S2Si/c1-10-15(11-2,14(7,8)9)12-5-3-4-6-13/h13H,3-6H2,1-2H3,(H,7,8,9). The fraction of sp³-hybridized carbons (Fsp3) is 1.00. The fourth-order valence-corrected chi connectivity index (χ4v) is 4.45. The zero-order valence-corrected chi connectivity index (χ0v) is 11.4. The molecule has 0 saturated carbocycles. The Balaban J connectivity index is 4.40. The quantitative estimate of drug-likeness (QED) is 0.288. The van der Waals surface area contributed by atoms with Crippen molar-refractivity contribution in [1.29, 1.82) is 0 Å². The lowest BCUT2D eigenvalue weighted by Crippen LogP contribution is -2.52. The van der Waals surface area contributed by atoms with E-state index in [9.17, 15) is 8.42 Å². The molecule has 0 aliphatic carbocycles. The summed E-state index contributed by atoms with van der Waals surface area (Å²) in [5.41, 5.74) is 0. The Morgan fingerprint density at radius 3 is 2.13 bits per heavy atom. The molecule has 0 aromatic heterocycles. The van der Waals surface area contributed by atoms with Gasteiger partial charge in [-0.2, -0.15) is 21.0 Å². The number of rotatable bonds is 8. The number of hydrogen-bond acceptors (Lipinski definition) is 6. The summed E-state index contributed by atoms with van der Waals surface area (Å²) >= 11 is 3.99. The van der Waals surface area contributed by atoms with Gasteiger partial charge in [0.05, 0.1) is 0 Å². The summed E-state index contributed by atoms with van der Waals surface area (Å²) in [5.74, 6) is 0.684. The Bertz CT molecular complexity index is 263. The first-order valence-corrected chi connectivity index (χ1v) is 8.78. The second-order valence-corrected chi connectivity index (χ2v) is 9.21. The smallest absolute Gasteiger partial charge is 0.364 e. The van der Waals surface area contributed by atoms with E-state index in [0.717, 1.165) is 20.6 Å². The average Bonchev–Trinajstić information content (AvgIpc) is 2.17. The van der Waals surface area contributed by atoms with Crippen LogP contribution in [0.4, 0.5) is 0 Å². The highest BCUT2D eigenvalue weighted by molar-refractivity contribution is 8.15. The Labute approximate surface area is 96.1 Å². The number of unbranched alkanes of at least 4 members (excludes halogenated alkanes) is 1. The van der Waals surface area contributed by atoms with Gasteiger partial charge in [0.2, 0.25) is 0 Å². The minimum Gasteiger partial charge on any atom is -0.364 e. The number of thiol groups is 1. The molecule has 0 atom stereocenters. The van der Waals surface area contributed by atoms with E-state index in [0.29, 0.717) is 12.2 Å². The third-order valence-electron chi connectivity index (χ3n) is 1.65. The maximum Gasteiger partial charge on any atom is 0.666 e. The predicted octanol–water partition coefficient (Wildman–Crippen LogP) is 0.329. The van der Waals surface area contributed by atoms with Crippen molar-refractivity contribution in [2.75, 3.05) is 26.6 Å². The molecule has 92 valence electrons. The largest absolute Gasteiger partial charge is 0.666 e. The molecular weight excluding hydrogens is 260 g/mol. The van der Waals surface area contributed by atoms with E-state index >= 15 is 0 Å². The first-order valence-electron chi connectivity index (χ1n) is 4.25. The molecule has 15 heavy (non-hydrogen) atoms. The minimum absolute atomic E-state index is 0.147. The molecule has 0 spiro atoms. The molecule has 6 nitrogen and oxygen atoms in total. The van der Waals surface area contributed by atoms with Crippen LogP contribution in [-0.4, -0.2) is 47.5 Å². The first-order chi connectivity index (χ1) is 6.93. The summed E-state index contributed by atoms with van der Waals surface area (Å²) in [4.78, 5) is 0. The van der Waals surface area contributed by atoms with E-state index < -0.39 is 17.5 Å². The van der Waals surface area contributed by atoms with Crippen molar-refractivity contribution in [2.24, 2.45) is 0 Å². The summed E-state index contributed by atoms with van der Waals surface area (Å²) in [6.45, 7) is 0.147. The highest BCUT2D eigenvalue weighted by Gasteiger charge is 2.55. The fourth-order valence-electron chi connectivity index (χ4n) is 0.897. The van der Waals surface area contributed by atoms with E-state index in [2.05, 4.69) is 21.5 Å². The van der Waals surface area contributed by atoms with Gasteiger partial charge in [0.15, 0.2) is 0 Å². The highest BCUT2D eigenvalue weighted by Crippen LogP contribution is 2.15. The summed E-state index contributed by atoms with van der Waals surface area (Å²) in [6.07, 6.45) is 1.41. The normalized spacial score (nSPS) is 13.1. The van der Waals surface area contributed by atoms with E-state index in [1.807, 2.05) is 0 Å². The van der Waals surface area contributed by atoms with Crippen molar-refractivity contribution in [3.05, 3.63) is 0 Å². The summed E-state index contributed by atoms with van der Waals surface area (Å²) in [5, 5.41) is 0. The van der Waals surface area contributed by atoms with Gasteiger partial charge in [-0.25, -0.2) is 0 Å². The van der Waals surface area contributed by atoms with Gasteiger partial charge in [-0.3, -0.25) is 4.55 Å². The summed E-state index contributed by atoms with van der Waals surface area (Å²) in [6, 6.07) is 0. The van der Waals surface area contributed by atoms with E-state index in [1.165, 1.54) is 0 Å². The van der Waals surface area contributed by atoms with Crippen LogP contribution >= 0.6 is 12.6 Å². The van der Waals surface area contributed by atoms with Gasteiger partial charge in [0, 0.05) is 20.8 Å². The van der Waals surface area contributed by atoms with Crippen LogP contribution in [0, 0.1) is 0 Å². The molecule has 0 unspecified atom stereocenters. The van der Waals surface area contributed by atoms with Crippen LogP contribution in [0.5, 0.6) is 0 Å². The van der Waals surface area contributed by atoms with Crippen LogP contribution in [0.25, 0.3) is 0 Å². The third-order valence-corrected chi connectivity index (χ3v) is 7.40. The first kappa shape index (κ1) is 15.4. The van der Waals surface area contributed by atoms with Crippen molar-refractivity contribution >= 4 is 30.2 Å². The van der Waals surface area contributed by atoms with Crippen molar-refractivity contribution in [2.45, 2.75) is 12.8 Å². The zero-order chi connectivity index (χ0) is 11.9. The molecule has 0 radical (unpaired) electrons. The van der Waals surface area contributed by atoms with Crippen LogP contribution in [-0.2, 0) is 22.8 Å². The lowest BCUT2D eigenvalue weighted by atomic mass is 10.4. The Kier molecular flexibility index (Phi) is 7.00. The van der Waals surface area contributed by atoms with Gasteiger partial charge in [-0.1, -0.05) is 0 Å². The van der Waals surface area contributed by atoms with Crippen LogP contribution in [0.15, 0.2) is 0 Å². The Morgan fingerprint density at radius 1 is 1.27 bits per heavy atom. The molecule has 0 fully saturated rings. The van der Waals surface area contributed by atoms with E-state index in [1.54, 1.807) is 0 Å². The number of hydrogen-bond donors (Lipinski definition) is 2. The van der Waals surface area contributed by atoms with Gasteiger partial charge in [0.25, 0.3) is 0 Å². The molecule has 0 aromatic carbocycles. The lowest BCUT2D eigenvalue weighted by Gasteiger charge is -2.22. The second-order valence-electron chi connectivity index (χ2n) is 2.66. The van der Waals surface area contributed by atoms with Gasteiger partial charge < -0.3 is 13.3 Å². The lowest BCUT2D eigenvalue weighted by molar-refractivity contribution is 0.116. The SMILES string of the molecule is CO[Si](OC)(OCCCCS)S(=O)(=O)O. The molecule has 0 aliphatic heterocycles. The zero-order valence-electron chi connectivity index (χ0n) is 8.67. The third kappa shape index (κ3) is 4.39. The molecule has 0 aliphatic rings. The van der Waals surface area contributed by atoms with Crippen LogP contribution in [0.3, 0.4) is 0 Å². The Morgan fingerprint density at radius 2 is 1.80 bits per heavy atom. The molecule has 9 heteroatoms. The minimum atomic E-state index is -4.46. The van der Waals surface area contributed by atoms with E-state index in [4.69, 9.17) is 8.98 Å². The van der Waals surface area contributed by atoms with Gasteiger partial charge in [0.1, 0.15) is 0 Å². The van der Waals surface area contributed by atoms with Crippen molar-refractivity contribution in [3.63, 3.8) is 0 Å². The van der Waals surface area contributed by atoms with Gasteiger partial charge in [-0.15, -0.1) is 0 Å². The molecular formula is C6H16O6S2Si. The molecule has 0 bridgehead atoms. The van der Waals surface area contributed by atoms with Crippen LogP contribution in [0.1, 0.15) is 12.8 Å². The molecule has 0 amide bonds. The van der Waals surface area contributed by atoms with Crippen LogP contribution in [0.2, 0.25) is 0 Å². The average molecular weight is 276 g/mol.